The first-order chi connectivity index (χ1) is 18.4. The lowest BCUT2D eigenvalue weighted by Crippen LogP contribution is -2.38. The molecule has 4 rings (SSSR count). The van der Waals surface area contributed by atoms with Gasteiger partial charge in [0.2, 0.25) is 5.88 Å². The molecule has 0 fully saturated rings. The minimum atomic E-state index is -1.05. The van der Waals surface area contributed by atoms with Gasteiger partial charge < -0.3 is 14.7 Å². The third-order valence-electron chi connectivity index (χ3n) is 7.30. The van der Waals surface area contributed by atoms with Crippen molar-refractivity contribution in [1.82, 2.24) is 9.88 Å². The summed E-state index contributed by atoms with van der Waals surface area (Å²) in [5.41, 5.74) is 3.34. The van der Waals surface area contributed by atoms with Crippen LogP contribution in [0, 0.1) is 0 Å². The first-order valence-corrected chi connectivity index (χ1v) is 13.3. The van der Waals surface area contributed by atoms with Crippen LogP contribution in [-0.4, -0.2) is 54.6 Å². The fraction of sp³-hybridized carbons (Fsp3) is 0.333. The number of unbranched alkanes of at least 4 members (excludes halogenated alkanes) is 1. The minimum Gasteiger partial charge on any atom is -0.481 e. The van der Waals surface area contributed by atoms with E-state index in [4.69, 9.17) is 9.72 Å². The molecule has 0 saturated heterocycles. The molecule has 0 aliphatic heterocycles. The zero-order chi connectivity index (χ0) is 27.0. The van der Waals surface area contributed by atoms with Gasteiger partial charge in [-0.15, -0.1) is 0 Å². The van der Waals surface area contributed by atoms with Crippen molar-refractivity contribution in [2.75, 3.05) is 27.7 Å². The molecule has 4 aromatic rings. The van der Waals surface area contributed by atoms with Gasteiger partial charge >= 0.3 is 0 Å². The third kappa shape index (κ3) is 6.66. The number of nitrogens with zero attached hydrogens (tertiary/aromatic N) is 2. The van der Waals surface area contributed by atoms with Crippen molar-refractivity contribution in [3.8, 4) is 5.88 Å². The van der Waals surface area contributed by atoms with Gasteiger partial charge in [-0.25, -0.2) is 4.98 Å². The lowest BCUT2D eigenvalue weighted by Gasteiger charge is -2.38. The number of pyridine rings is 1. The molecule has 1 aromatic heterocycles. The molecule has 0 spiro atoms. The number of aliphatic hydroxyl groups is 1. The van der Waals surface area contributed by atoms with E-state index in [0.29, 0.717) is 24.3 Å². The minimum absolute atomic E-state index is 0.362. The first kappa shape index (κ1) is 27.5. The highest BCUT2D eigenvalue weighted by Gasteiger charge is 2.40. The van der Waals surface area contributed by atoms with Crippen molar-refractivity contribution in [1.29, 1.82) is 0 Å². The molecule has 0 saturated carbocycles. The van der Waals surface area contributed by atoms with Gasteiger partial charge in [0, 0.05) is 22.4 Å². The lowest BCUT2D eigenvalue weighted by atomic mass is 9.72. The van der Waals surface area contributed by atoms with Gasteiger partial charge in [0.25, 0.3) is 0 Å². The average Bonchev–Trinajstić information content (AvgIpc) is 2.95. The highest BCUT2D eigenvalue weighted by Crippen LogP contribution is 2.44. The Kier molecular flexibility index (Phi) is 9.27. The summed E-state index contributed by atoms with van der Waals surface area (Å²) < 4.78 is 5.83. The first-order valence-electron chi connectivity index (χ1n) is 13.3. The number of aromatic nitrogens is 1. The van der Waals surface area contributed by atoms with E-state index in [-0.39, 0.29) is 5.92 Å². The number of benzene rings is 3. The highest BCUT2D eigenvalue weighted by molar-refractivity contribution is 5.87. The number of aldehydes is 1. The summed E-state index contributed by atoms with van der Waals surface area (Å²) in [4.78, 5) is 18.5. The van der Waals surface area contributed by atoms with E-state index in [0.717, 1.165) is 54.1 Å². The normalized spacial score (nSPS) is 13.8. The molecule has 0 amide bonds. The largest absolute Gasteiger partial charge is 0.481 e. The molecule has 1 heterocycles. The van der Waals surface area contributed by atoms with Gasteiger partial charge in [-0.05, 0) is 88.1 Å². The molecule has 0 bridgehead atoms. The van der Waals surface area contributed by atoms with Gasteiger partial charge in [0.15, 0.2) is 0 Å². The molecule has 0 radical (unpaired) electrons. The van der Waals surface area contributed by atoms with Crippen LogP contribution in [0.2, 0.25) is 0 Å². The number of methoxy groups -OCH3 is 1. The number of hydrogen-bond acceptors (Lipinski definition) is 5. The molecule has 0 aliphatic carbocycles. The van der Waals surface area contributed by atoms with Gasteiger partial charge in [0.05, 0.1) is 18.2 Å². The van der Waals surface area contributed by atoms with E-state index in [9.17, 15) is 9.90 Å². The molecule has 3 aromatic carbocycles. The average molecular weight is 511 g/mol. The molecule has 2 unspecified atom stereocenters. The molecule has 38 heavy (non-hydrogen) atoms. The fourth-order valence-electron chi connectivity index (χ4n) is 5.34. The molecular weight excluding hydrogens is 472 g/mol. The summed E-state index contributed by atoms with van der Waals surface area (Å²) in [6.07, 6.45) is 4.73. The van der Waals surface area contributed by atoms with Crippen molar-refractivity contribution in [2.45, 2.75) is 43.6 Å². The van der Waals surface area contributed by atoms with Crippen LogP contribution in [0.15, 0.2) is 84.9 Å². The molecular formula is C33H38N2O3. The van der Waals surface area contributed by atoms with Crippen LogP contribution in [0.25, 0.3) is 10.9 Å². The molecule has 2 atom stereocenters. The Morgan fingerprint density at radius 1 is 0.947 bits per heavy atom. The fourth-order valence-corrected chi connectivity index (χ4v) is 5.34. The van der Waals surface area contributed by atoms with E-state index in [2.05, 4.69) is 43.3 Å². The van der Waals surface area contributed by atoms with Gasteiger partial charge in [-0.1, -0.05) is 60.7 Å². The summed E-state index contributed by atoms with van der Waals surface area (Å²) >= 11 is 0. The number of hydrogen-bond donors (Lipinski definition) is 1. The SMILES string of the molecule is COc1nc2ccc(C=O)cc2cc1C(c1ccccc1)C(O)(CCCCN(C)C)CCc1ccccc1. The van der Waals surface area contributed by atoms with E-state index in [1.165, 1.54) is 5.56 Å². The zero-order valence-electron chi connectivity index (χ0n) is 22.6. The third-order valence-corrected chi connectivity index (χ3v) is 7.30. The predicted molar refractivity (Wildman–Crippen MR) is 154 cm³/mol. The van der Waals surface area contributed by atoms with E-state index in [1.807, 2.05) is 54.6 Å². The smallest absolute Gasteiger partial charge is 0.217 e. The van der Waals surface area contributed by atoms with Gasteiger partial charge in [-0.3, -0.25) is 4.79 Å². The maximum Gasteiger partial charge on any atom is 0.217 e. The van der Waals surface area contributed by atoms with Crippen LogP contribution in [0.4, 0.5) is 0 Å². The molecule has 1 N–H and O–H groups in total. The molecule has 5 heteroatoms. The number of aryl methyl sites for hydroxylation is 1. The van der Waals surface area contributed by atoms with Crippen LogP contribution < -0.4 is 4.74 Å². The monoisotopic (exact) mass is 510 g/mol. The lowest BCUT2D eigenvalue weighted by molar-refractivity contribution is 0.00355. The quantitative estimate of drug-likeness (QED) is 0.169. The zero-order valence-corrected chi connectivity index (χ0v) is 22.6. The number of carbonyl (C=O) groups excluding carboxylic acids is 1. The Labute approximate surface area is 226 Å². The summed E-state index contributed by atoms with van der Waals surface area (Å²) in [6.45, 7) is 0.972. The Morgan fingerprint density at radius 3 is 2.32 bits per heavy atom. The van der Waals surface area contributed by atoms with E-state index in [1.54, 1.807) is 13.2 Å². The van der Waals surface area contributed by atoms with Gasteiger partial charge in [-0.2, -0.15) is 0 Å². The van der Waals surface area contributed by atoms with Crippen molar-refractivity contribution in [3.63, 3.8) is 0 Å². The number of fused-ring (bicyclic) bond motifs is 1. The maximum absolute atomic E-state index is 12.6. The Hall–Kier alpha value is -3.54. The predicted octanol–water partition coefficient (Wildman–Crippen LogP) is 6.28. The van der Waals surface area contributed by atoms with E-state index < -0.39 is 5.60 Å². The molecule has 198 valence electrons. The summed E-state index contributed by atoms with van der Waals surface area (Å²) in [7, 11) is 5.78. The second-order valence-corrected chi connectivity index (χ2v) is 10.4. The van der Waals surface area contributed by atoms with Crippen LogP contribution in [0.5, 0.6) is 5.88 Å². The maximum atomic E-state index is 12.6. The summed E-state index contributed by atoms with van der Waals surface area (Å²) in [5, 5.41) is 13.5. The van der Waals surface area contributed by atoms with Gasteiger partial charge in [0.1, 0.15) is 6.29 Å². The number of carbonyl (C=O) groups is 1. The standard InChI is InChI=1S/C33H38N2O3/c1-35(2)21-11-10-19-33(37,20-18-25-12-6-4-7-13-25)31(27-14-8-5-9-15-27)29-23-28-22-26(24-36)16-17-30(28)34-32(29)38-3/h4-9,12-17,22-24,31,37H,10-11,18-21H2,1-3H3. The Bertz CT molecular complexity index is 1320. The number of rotatable bonds is 13. The van der Waals surface area contributed by atoms with Crippen molar-refractivity contribution in [2.24, 2.45) is 0 Å². The van der Waals surface area contributed by atoms with Crippen molar-refractivity contribution >= 4 is 17.2 Å². The van der Waals surface area contributed by atoms with Crippen molar-refractivity contribution in [3.05, 3.63) is 107 Å². The second kappa shape index (κ2) is 12.8. The number of ether oxygens (including phenoxy) is 1. The Balaban J connectivity index is 1.83. The van der Waals surface area contributed by atoms with Crippen LogP contribution >= 0.6 is 0 Å². The van der Waals surface area contributed by atoms with Crippen LogP contribution in [0.3, 0.4) is 0 Å². The molecule has 0 aliphatic rings. The van der Waals surface area contributed by atoms with Crippen LogP contribution in [-0.2, 0) is 6.42 Å². The summed E-state index contributed by atoms with van der Waals surface area (Å²) in [6, 6.07) is 28.0. The van der Waals surface area contributed by atoms with E-state index >= 15 is 0 Å². The topological polar surface area (TPSA) is 62.7 Å². The Morgan fingerprint density at radius 2 is 1.66 bits per heavy atom. The second-order valence-electron chi connectivity index (χ2n) is 10.4. The molecule has 5 nitrogen and oxygen atoms in total. The highest BCUT2D eigenvalue weighted by atomic mass is 16.5. The van der Waals surface area contributed by atoms with Crippen LogP contribution in [0.1, 0.15) is 58.6 Å². The summed E-state index contributed by atoms with van der Waals surface area (Å²) in [5.74, 6) is 0.134. The van der Waals surface area contributed by atoms with Crippen molar-refractivity contribution < 1.29 is 14.6 Å².